The summed E-state index contributed by atoms with van der Waals surface area (Å²) in [6.45, 7) is 1.70. The van der Waals surface area contributed by atoms with Gasteiger partial charge in [-0.15, -0.1) is 0 Å². The van der Waals surface area contributed by atoms with E-state index in [1.165, 1.54) is 0 Å². The minimum Gasteiger partial charge on any atom is -0.486 e. The van der Waals surface area contributed by atoms with Crippen LogP contribution in [0.15, 0.2) is 53.5 Å². The van der Waals surface area contributed by atoms with E-state index < -0.39 is 0 Å². The highest BCUT2D eigenvalue weighted by Crippen LogP contribution is 2.30. The summed E-state index contributed by atoms with van der Waals surface area (Å²) in [5, 5.41) is 7.23. The number of nitrogens with one attached hydrogen (secondary N) is 2. The van der Waals surface area contributed by atoms with Crippen LogP contribution >= 0.6 is 11.6 Å². The van der Waals surface area contributed by atoms with E-state index in [0.717, 1.165) is 22.1 Å². The van der Waals surface area contributed by atoms with Crippen molar-refractivity contribution in [2.45, 2.75) is 12.6 Å². The molecule has 1 heterocycles. The van der Waals surface area contributed by atoms with Gasteiger partial charge in [0.25, 0.3) is 0 Å². The first-order valence-corrected chi connectivity index (χ1v) is 8.20. The second-order valence-electron chi connectivity index (χ2n) is 5.40. The Morgan fingerprint density at radius 2 is 1.88 bits per heavy atom. The number of benzene rings is 2. The molecule has 0 radical (unpaired) electrons. The van der Waals surface area contributed by atoms with Crippen molar-refractivity contribution in [3.05, 3.63) is 59.1 Å². The molecule has 0 spiro atoms. The normalized spacial score (nSPS) is 16.6. The minimum absolute atomic E-state index is 0.0706. The van der Waals surface area contributed by atoms with Gasteiger partial charge < -0.3 is 20.1 Å². The van der Waals surface area contributed by atoms with Crippen LogP contribution in [0, 0.1) is 0 Å². The molecule has 6 heteroatoms. The van der Waals surface area contributed by atoms with Crippen LogP contribution in [0.5, 0.6) is 11.5 Å². The van der Waals surface area contributed by atoms with Gasteiger partial charge in [-0.25, -0.2) is 0 Å². The number of guanidine groups is 1. The predicted octanol–water partition coefficient (Wildman–Crippen LogP) is 2.85. The van der Waals surface area contributed by atoms with Crippen molar-refractivity contribution < 1.29 is 9.47 Å². The topological polar surface area (TPSA) is 54.9 Å². The zero-order valence-electron chi connectivity index (χ0n) is 13.5. The average Bonchev–Trinajstić information content (AvgIpc) is 2.63. The van der Waals surface area contributed by atoms with E-state index in [1.54, 1.807) is 7.05 Å². The van der Waals surface area contributed by atoms with Crippen molar-refractivity contribution in [2.24, 2.45) is 4.99 Å². The number of halogens is 1. The first-order chi connectivity index (χ1) is 11.8. The Balaban J connectivity index is 1.49. The average molecular weight is 346 g/mol. The van der Waals surface area contributed by atoms with Crippen molar-refractivity contribution in [3.8, 4) is 11.5 Å². The van der Waals surface area contributed by atoms with E-state index in [-0.39, 0.29) is 6.10 Å². The van der Waals surface area contributed by atoms with E-state index in [9.17, 15) is 0 Å². The van der Waals surface area contributed by atoms with Gasteiger partial charge in [0, 0.05) is 18.6 Å². The number of hydrogen-bond donors (Lipinski definition) is 2. The Morgan fingerprint density at radius 3 is 2.67 bits per heavy atom. The Bertz CT molecular complexity index is 721. The van der Waals surface area contributed by atoms with Crippen LogP contribution in [-0.2, 0) is 6.54 Å². The summed E-state index contributed by atoms with van der Waals surface area (Å²) in [4.78, 5) is 4.22. The molecule has 0 aliphatic carbocycles. The SMILES string of the molecule is CN=C(NCc1ccccc1Cl)NCC1COc2ccccc2O1. The molecule has 24 heavy (non-hydrogen) atoms. The first-order valence-electron chi connectivity index (χ1n) is 7.82. The first kappa shape index (κ1) is 16.5. The quantitative estimate of drug-likeness (QED) is 0.661. The predicted molar refractivity (Wildman–Crippen MR) is 96.0 cm³/mol. The second-order valence-corrected chi connectivity index (χ2v) is 5.80. The lowest BCUT2D eigenvalue weighted by molar-refractivity contribution is 0.0936. The monoisotopic (exact) mass is 345 g/mol. The van der Waals surface area contributed by atoms with Gasteiger partial charge in [0.15, 0.2) is 17.5 Å². The van der Waals surface area contributed by atoms with Crippen molar-refractivity contribution in [2.75, 3.05) is 20.2 Å². The van der Waals surface area contributed by atoms with Gasteiger partial charge in [0.05, 0.1) is 6.54 Å². The molecule has 0 saturated heterocycles. The molecule has 1 aliphatic rings. The molecule has 0 bridgehead atoms. The molecule has 1 atom stereocenters. The van der Waals surface area contributed by atoms with E-state index >= 15 is 0 Å². The summed E-state index contributed by atoms with van der Waals surface area (Å²) in [5.41, 5.74) is 1.02. The molecule has 0 saturated carbocycles. The van der Waals surface area contributed by atoms with Gasteiger partial charge in [-0.1, -0.05) is 41.9 Å². The molecule has 126 valence electrons. The van der Waals surface area contributed by atoms with Gasteiger partial charge in [0.1, 0.15) is 12.7 Å². The smallest absolute Gasteiger partial charge is 0.191 e. The highest BCUT2D eigenvalue weighted by molar-refractivity contribution is 6.31. The maximum atomic E-state index is 6.16. The largest absolute Gasteiger partial charge is 0.486 e. The fraction of sp³-hybridized carbons (Fsp3) is 0.278. The fourth-order valence-corrected chi connectivity index (χ4v) is 2.62. The molecular weight excluding hydrogens is 326 g/mol. The molecule has 3 rings (SSSR count). The highest BCUT2D eigenvalue weighted by atomic mass is 35.5. The Labute approximate surface area is 146 Å². The third-order valence-electron chi connectivity index (χ3n) is 3.69. The molecule has 2 aromatic rings. The molecule has 1 unspecified atom stereocenters. The molecule has 1 aliphatic heterocycles. The molecule has 0 fully saturated rings. The number of ether oxygens (including phenoxy) is 2. The summed E-state index contributed by atoms with van der Waals surface area (Å²) in [5.74, 6) is 2.25. The molecule has 0 aromatic heterocycles. The van der Waals surface area contributed by atoms with Gasteiger partial charge in [0.2, 0.25) is 0 Å². The van der Waals surface area contributed by atoms with E-state index in [0.29, 0.717) is 25.7 Å². The van der Waals surface area contributed by atoms with Crippen molar-refractivity contribution in [3.63, 3.8) is 0 Å². The molecule has 0 amide bonds. The third-order valence-corrected chi connectivity index (χ3v) is 4.06. The number of para-hydroxylation sites is 2. The number of hydrogen-bond acceptors (Lipinski definition) is 3. The maximum absolute atomic E-state index is 6.16. The van der Waals surface area contributed by atoms with Crippen LogP contribution in [0.4, 0.5) is 0 Å². The summed E-state index contributed by atoms with van der Waals surface area (Å²) in [6, 6.07) is 15.4. The molecule has 2 N–H and O–H groups in total. The number of fused-ring (bicyclic) bond motifs is 1. The van der Waals surface area contributed by atoms with Crippen LogP contribution in [0.1, 0.15) is 5.56 Å². The second kappa shape index (κ2) is 7.93. The Morgan fingerprint density at radius 1 is 1.12 bits per heavy atom. The Kier molecular flexibility index (Phi) is 5.43. The maximum Gasteiger partial charge on any atom is 0.191 e. The number of aliphatic imine (C=N–C) groups is 1. The third kappa shape index (κ3) is 4.11. The van der Waals surface area contributed by atoms with Gasteiger partial charge >= 0.3 is 0 Å². The highest BCUT2D eigenvalue weighted by Gasteiger charge is 2.20. The number of nitrogens with zero attached hydrogens (tertiary/aromatic N) is 1. The summed E-state index contributed by atoms with van der Waals surface area (Å²) in [6.07, 6.45) is -0.0706. The van der Waals surface area contributed by atoms with Crippen LogP contribution in [0.3, 0.4) is 0 Å². The van der Waals surface area contributed by atoms with Crippen molar-refractivity contribution >= 4 is 17.6 Å². The number of rotatable bonds is 4. The van der Waals surface area contributed by atoms with Crippen LogP contribution in [0.2, 0.25) is 5.02 Å². The lowest BCUT2D eigenvalue weighted by Gasteiger charge is -2.27. The Hall–Kier alpha value is -2.40. The minimum atomic E-state index is -0.0706. The summed E-state index contributed by atoms with van der Waals surface area (Å²) < 4.78 is 11.6. The van der Waals surface area contributed by atoms with Crippen LogP contribution in [0.25, 0.3) is 0 Å². The van der Waals surface area contributed by atoms with Gasteiger partial charge in [-0.05, 0) is 23.8 Å². The van der Waals surface area contributed by atoms with Crippen molar-refractivity contribution in [1.82, 2.24) is 10.6 Å². The zero-order chi connectivity index (χ0) is 16.8. The van der Waals surface area contributed by atoms with E-state index in [2.05, 4.69) is 15.6 Å². The van der Waals surface area contributed by atoms with Crippen molar-refractivity contribution in [1.29, 1.82) is 0 Å². The lowest BCUT2D eigenvalue weighted by atomic mass is 10.2. The molecule has 5 nitrogen and oxygen atoms in total. The van der Waals surface area contributed by atoms with Gasteiger partial charge in [-0.3, -0.25) is 4.99 Å². The zero-order valence-corrected chi connectivity index (χ0v) is 14.2. The molecular formula is C18H20ClN3O2. The summed E-state index contributed by atoms with van der Waals surface area (Å²) in [7, 11) is 1.73. The standard InChI is InChI=1S/C18H20ClN3O2/c1-20-18(21-10-13-6-2-3-7-15(13)19)22-11-14-12-23-16-8-4-5-9-17(16)24-14/h2-9,14H,10-12H2,1H3,(H2,20,21,22). The summed E-state index contributed by atoms with van der Waals surface area (Å²) >= 11 is 6.16. The van der Waals surface area contributed by atoms with Crippen LogP contribution in [-0.4, -0.2) is 32.3 Å². The lowest BCUT2D eigenvalue weighted by Crippen LogP contribution is -2.45. The fourth-order valence-electron chi connectivity index (χ4n) is 2.42. The molecule has 2 aromatic carbocycles. The van der Waals surface area contributed by atoms with E-state index in [4.69, 9.17) is 21.1 Å². The van der Waals surface area contributed by atoms with Crippen LogP contribution < -0.4 is 20.1 Å². The van der Waals surface area contributed by atoms with E-state index in [1.807, 2.05) is 48.5 Å². The van der Waals surface area contributed by atoms with Gasteiger partial charge in [-0.2, -0.15) is 0 Å².